The van der Waals surface area contributed by atoms with Gasteiger partial charge in [0, 0.05) is 38.8 Å². The molecule has 1 N–H and O–H groups in total. The van der Waals surface area contributed by atoms with Gasteiger partial charge in [0.05, 0.1) is 28.5 Å². The molecule has 4 aromatic rings. The van der Waals surface area contributed by atoms with Crippen molar-refractivity contribution in [3.8, 4) is 23.0 Å². The second-order valence-corrected chi connectivity index (χ2v) is 17.7. The first-order valence-electron chi connectivity index (χ1n) is 21.6. The molecule has 0 spiro atoms. The zero-order chi connectivity index (χ0) is 41.6. The molecule has 318 valence electrons. The van der Waals surface area contributed by atoms with Gasteiger partial charge in [-0.15, -0.1) is 0 Å². The smallest absolute Gasteiger partial charge is 0.314 e. The third-order valence-corrected chi connectivity index (χ3v) is 12.9. The Hall–Kier alpha value is -4.28. The highest BCUT2D eigenvalue weighted by Gasteiger charge is 2.45. The van der Waals surface area contributed by atoms with Gasteiger partial charge in [-0.2, -0.15) is 0 Å². The van der Waals surface area contributed by atoms with Crippen LogP contribution in [0.1, 0.15) is 77.8 Å². The molecule has 0 bridgehead atoms. The molecule has 0 unspecified atom stereocenters. The zero-order valence-corrected chi connectivity index (χ0v) is 36.2. The topological polar surface area (TPSA) is 95.6 Å². The van der Waals surface area contributed by atoms with Gasteiger partial charge in [0.1, 0.15) is 30.5 Å². The summed E-state index contributed by atoms with van der Waals surface area (Å²) in [5, 5.41) is 4.46. The SMILES string of the molecule is COCCCc1cc(CN(C(=O)[C@H]2CNCC[C@@H]2c2ccc(OCCOc3c(Cl)cc(C)cc3Cl)cc2)C2CC2)cc(OC[C@@H]2C[C@H]2C(=O)Oc2ccc3c(c2)CCC3)c1. The zero-order valence-electron chi connectivity index (χ0n) is 34.7. The lowest BCUT2D eigenvalue weighted by atomic mass is 9.80. The van der Waals surface area contributed by atoms with Gasteiger partial charge in [0.25, 0.3) is 0 Å². The van der Waals surface area contributed by atoms with Crippen LogP contribution in [-0.2, 0) is 40.1 Å². The third kappa shape index (κ3) is 10.8. The number of nitrogens with one attached hydrogen (secondary N) is 1. The Bertz CT molecular complexity index is 2120. The molecule has 1 aliphatic heterocycles. The van der Waals surface area contributed by atoms with E-state index in [0.717, 1.165) is 98.1 Å². The minimum Gasteiger partial charge on any atom is -0.493 e. The maximum atomic E-state index is 14.6. The summed E-state index contributed by atoms with van der Waals surface area (Å²) in [7, 11) is 1.72. The van der Waals surface area contributed by atoms with E-state index in [2.05, 4.69) is 46.6 Å². The van der Waals surface area contributed by atoms with Gasteiger partial charge >= 0.3 is 5.97 Å². The van der Waals surface area contributed by atoms with Crippen molar-refractivity contribution in [1.29, 1.82) is 0 Å². The highest BCUT2D eigenvalue weighted by molar-refractivity contribution is 6.37. The number of esters is 1. The minimum absolute atomic E-state index is 0.0864. The van der Waals surface area contributed by atoms with Crippen LogP contribution in [0.25, 0.3) is 0 Å². The Morgan fingerprint density at radius 3 is 2.32 bits per heavy atom. The number of halogens is 2. The van der Waals surface area contributed by atoms with Crippen LogP contribution in [0.2, 0.25) is 10.0 Å². The number of benzene rings is 4. The van der Waals surface area contributed by atoms with Gasteiger partial charge < -0.3 is 33.9 Å². The van der Waals surface area contributed by atoms with E-state index in [4.69, 9.17) is 46.9 Å². The van der Waals surface area contributed by atoms with Crippen molar-refractivity contribution in [2.75, 3.05) is 46.6 Å². The molecule has 1 heterocycles. The highest BCUT2D eigenvalue weighted by atomic mass is 35.5. The molecule has 1 amide bonds. The average molecular weight is 856 g/mol. The van der Waals surface area contributed by atoms with Gasteiger partial charge in [-0.25, -0.2) is 0 Å². The number of rotatable bonds is 19. The van der Waals surface area contributed by atoms with Crippen molar-refractivity contribution in [3.63, 3.8) is 0 Å². The Morgan fingerprint density at radius 2 is 1.53 bits per heavy atom. The first-order valence-corrected chi connectivity index (χ1v) is 22.4. The summed E-state index contributed by atoms with van der Waals surface area (Å²) < 4.78 is 29.4. The van der Waals surface area contributed by atoms with Gasteiger partial charge in [0.2, 0.25) is 5.91 Å². The van der Waals surface area contributed by atoms with E-state index in [1.807, 2.05) is 43.3 Å². The Kier molecular flexibility index (Phi) is 13.9. The summed E-state index contributed by atoms with van der Waals surface area (Å²) in [4.78, 5) is 29.8. The van der Waals surface area contributed by atoms with Gasteiger partial charge in [-0.3, -0.25) is 9.59 Å². The van der Waals surface area contributed by atoms with Gasteiger partial charge in [0.15, 0.2) is 5.75 Å². The molecule has 11 heteroatoms. The maximum absolute atomic E-state index is 14.6. The summed E-state index contributed by atoms with van der Waals surface area (Å²) in [6.45, 7) is 5.68. The molecule has 8 rings (SSSR count). The molecule has 0 radical (unpaired) electrons. The number of methoxy groups -OCH3 is 1. The third-order valence-electron chi connectivity index (χ3n) is 12.3. The molecule has 3 aliphatic carbocycles. The van der Waals surface area contributed by atoms with Crippen molar-refractivity contribution in [2.45, 2.75) is 83.2 Å². The Labute approximate surface area is 364 Å². The van der Waals surface area contributed by atoms with Crippen LogP contribution in [0.4, 0.5) is 0 Å². The Morgan fingerprint density at radius 1 is 0.783 bits per heavy atom. The molecule has 0 aromatic heterocycles. The molecule has 9 nitrogen and oxygen atoms in total. The monoisotopic (exact) mass is 854 g/mol. The van der Waals surface area contributed by atoms with E-state index in [1.165, 1.54) is 11.1 Å². The molecule has 4 atom stereocenters. The van der Waals surface area contributed by atoms with Crippen LogP contribution in [0, 0.1) is 24.7 Å². The molecule has 3 fully saturated rings. The van der Waals surface area contributed by atoms with E-state index >= 15 is 0 Å². The van der Waals surface area contributed by atoms with Crippen molar-refractivity contribution < 1.29 is 33.3 Å². The lowest BCUT2D eigenvalue weighted by molar-refractivity contribution is -0.138. The van der Waals surface area contributed by atoms with Crippen LogP contribution in [0.3, 0.4) is 0 Å². The molecule has 4 aliphatic rings. The molecule has 4 aromatic carbocycles. The number of hydrogen-bond acceptors (Lipinski definition) is 8. The van der Waals surface area contributed by atoms with Crippen LogP contribution in [0.5, 0.6) is 23.0 Å². The number of hydrogen-bond donors (Lipinski definition) is 1. The van der Waals surface area contributed by atoms with E-state index in [9.17, 15) is 9.59 Å². The van der Waals surface area contributed by atoms with Crippen LogP contribution < -0.4 is 24.3 Å². The quantitative estimate of drug-likeness (QED) is 0.0567. The number of ether oxygens (including phenoxy) is 5. The fraction of sp³-hybridized carbons (Fsp3) is 0.469. The summed E-state index contributed by atoms with van der Waals surface area (Å²) in [5.41, 5.74) is 6.97. The summed E-state index contributed by atoms with van der Waals surface area (Å²) in [5.74, 6) is 2.48. The number of fused-ring (bicyclic) bond motifs is 1. The van der Waals surface area contributed by atoms with Crippen molar-refractivity contribution >= 4 is 35.1 Å². The van der Waals surface area contributed by atoms with Crippen LogP contribution in [-0.4, -0.2) is 69.4 Å². The summed E-state index contributed by atoms with van der Waals surface area (Å²) >= 11 is 12.7. The van der Waals surface area contributed by atoms with E-state index < -0.39 is 0 Å². The van der Waals surface area contributed by atoms with Crippen molar-refractivity contribution in [1.82, 2.24) is 10.2 Å². The van der Waals surface area contributed by atoms with Crippen molar-refractivity contribution in [3.05, 3.63) is 116 Å². The van der Waals surface area contributed by atoms with E-state index in [-0.39, 0.29) is 41.6 Å². The number of aryl methyl sites for hydroxylation is 4. The standard InChI is InChI=1S/C49H56Cl2N2O7/c1-31-21-45(50)47(46(51)22-31)58-20-19-57-39-13-9-35(10-14-39)42-16-17-52-28-44(42)48(54)53(38-11-12-38)29-33-23-32(5-4-18-56-2)24-41(25-33)59-30-37-27-43(37)49(55)60-40-15-8-34-6-3-7-36(34)26-40/h8-10,13-15,21-26,37-38,42-44,52H,3-7,11-12,16-20,27-30H2,1-2H3/t37-,42+,43+,44-/m0/s1. The second kappa shape index (κ2) is 19.6. The van der Waals surface area contributed by atoms with Crippen LogP contribution in [0.15, 0.2) is 72.8 Å². The maximum Gasteiger partial charge on any atom is 0.314 e. The minimum atomic E-state index is -0.188. The highest BCUT2D eigenvalue weighted by Crippen LogP contribution is 2.41. The van der Waals surface area contributed by atoms with Gasteiger partial charge in [-0.1, -0.05) is 47.5 Å². The number of carbonyl (C=O) groups excluding carboxylic acids is 2. The fourth-order valence-corrected chi connectivity index (χ4v) is 9.54. The summed E-state index contributed by atoms with van der Waals surface area (Å²) in [6.07, 6.45) is 8.68. The predicted octanol–water partition coefficient (Wildman–Crippen LogP) is 9.33. The Balaban J connectivity index is 0.886. The first kappa shape index (κ1) is 42.4. The van der Waals surface area contributed by atoms with E-state index in [1.54, 1.807) is 7.11 Å². The van der Waals surface area contributed by atoms with Gasteiger partial charge in [-0.05, 0) is 159 Å². The summed E-state index contributed by atoms with van der Waals surface area (Å²) in [6, 6.07) is 24.4. The van der Waals surface area contributed by atoms with Crippen molar-refractivity contribution in [2.24, 2.45) is 17.8 Å². The van der Waals surface area contributed by atoms with Crippen LogP contribution >= 0.6 is 23.2 Å². The number of amides is 1. The van der Waals surface area contributed by atoms with E-state index in [0.29, 0.717) is 61.1 Å². The lowest BCUT2D eigenvalue weighted by Crippen LogP contribution is -2.47. The number of carbonyl (C=O) groups is 2. The number of nitrogens with zero attached hydrogens (tertiary/aromatic N) is 1. The molecular weight excluding hydrogens is 799 g/mol. The average Bonchev–Trinajstić information content (AvgIpc) is 4.18. The number of piperidine rings is 1. The molecular formula is C49H56Cl2N2O7. The molecule has 60 heavy (non-hydrogen) atoms. The molecule has 1 saturated heterocycles. The predicted molar refractivity (Wildman–Crippen MR) is 234 cm³/mol. The fourth-order valence-electron chi connectivity index (χ4n) is 8.83. The first-order chi connectivity index (χ1) is 29.2. The molecule has 2 saturated carbocycles. The lowest BCUT2D eigenvalue weighted by Gasteiger charge is -2.36. The second-order valence-electron chi connectivity index (χ2n) is 16.9. The largest absolute Gasteiger partial charge is 0.493 e. The normalized spacial score (nSPS) is 20.6.